The highest BCUT2D eigenvalue weighted by Crippen LogP contribution is 2.23. The van der Waals surface area contributed by atoms with Crippen LogP contribution in [0, 0.1) is 10.1 Å². The molecule has 0 aliphatic rings. The second kappa shape index (κ2) is 7.64. The number of hydrogen-bond donors (Lipinski definition) is 0. The minimum absolute atomic E-state index is 0.0390. The number of sulfone groups is 1. The van der Waals surface area contributed by atoms with Crippen LogP contribution in [0.2, 0.25) is 0 Å². The molecule has 1 heterocycles. The first kappa shape index (κ1) is 19.9. The van der Waals surface area contributed by atoms with E-state index in [9.17, 15) is 23.3 Å². The summed E-state index contributed by atoms with van der Waals surface area (Å²) in [5.74, 6) is -0.636. The van der Waals surface area contributed by atoms with Gasteiger partial charge >= 0.3 is 0 Å². The fourth-order valence-electron chi connectivity index (χ4n) is 2.70. The maximum Gasteiger partial charge on any atom is 0.279 e. The zero-order valence-corrected chi connectivity index (χ0v) is 16.8. The van der Waals surface area contributed by atoms with Gasteiger partial charge in [-0.05, 0) is 31.2 Å². The smallest absolute Gasteiger partial charge is 0.279 e. The van der Waals surface area contributed by atoms with Crippen molar-refractivity contribution in [2.75, 3.05) is 5.75 Å². The molecule has 0 spiro atoms. The van der Waals surface area contributed by atoms with Crippen molar-refractivity contribution in [3.8, 4) is 0 Å². The van der Waals surface area contributed by atoms with Crippen LogP contribution in [0.3, 0.4) is 0 Å². The third-order valence-electron chi connectivity index (χ3n) is 4.21. The molecule has 2 aromatic carbocycles. The third-order valence-corrected chi connectivity index (χ3v) is 7.00. The molecule has 0 saturated carbocycles. The normalized spacial score (nSPS) is 12.4. The molecule has 28 heavy (non-hydrogen) atoms. The van der Waals surface area contributed by atoms with Gasteiger partial charge < -0.3 is 4.57 Å². The molecule has 0 radical (unpaired) electrons. The summed E-state index contributed by atoms with van der Waals surface area (Å²) in [5.41, 5.74) is 0.749. The molecule has 0 aliphatic heterocycles. The molecule has 0 saturated heterocycles. The Morgan fingerprint density at radius 3 is 2.61 bits per heavy atom. The van der Waals surface area contributed by atoms with E-state index in [0.29, 0.717) is 16.9 Å². The van der Waals surface area contributed by atoms with Crippen LogP contribution in [0.1, 0.15) is 24.2 Å². The Bertz CT molecular complexity index is 1260. The van der Waals surface area contributed by atoms with Gasteiger partial charge in [0, 0.05) is 24.2 Å². The lowest BCUT2D eigenvalue weighted by atomic mass is 10.2. The first-order valence-electron chi connectivity index (χ1n) is 8.46. The molecule has 8 nitrogen and oxygen atoms in total. The molecular formula is C18H17N3O5S2. The number of amides is 1. The van der Waals surface area contributed by atoms with Gasteiger partial charge in [0.25, 0.3) is 11.6 Å². The predicted octanol–water partition coefficient (Wildman–Crippen LogP) is 3.17. The summed E-state index contributed by atoms with van der Waals surface area (Å²) in [5, 5.41) is 11.0. The highest BCUT2D eigenvalue weighted by atomic mass is 32.2. The van der Waals surface area contributed by atoms with E-state index in [-0.39, 0.29) is 21.9 Å². The lowest BCUT2D eigenvalue weighted by Gasteiger charge is -2.03. The van der Waals surface area contributed by atoms with E-state index in [0.717, 1.165) is 4.70 Å². The van der Waals surface area contributed by atoms with Crippen molar-refractivity contribution in [3.05, 3.63) is 62.9 Å². The third kappa shape index (κ3) is 3.73. The highest BCUT2D eigenvalue weighted by molar-refractivity contribution is 7.91. The molecule has 0 bridgehead atoms. The van der Waals surface area contributed by atoms with Gasteiger partial charge in [0.05, 0.1) is 25.8 Å². The van der Waals surface area contributed by atoms with Gasteiger partial charge in [0.15, 0.2) is 14.6 Å². The number of nitro groups is 1. The molecule has 10 heteroatoms. The maximum absolute atomic E-state index is 12.6. The molecule has 1 aromatic heterocycles. The lowest BCUT2D eigenvalue weighted by molar-refractivity contribution is -0.384. The Kier molecular flexibility index (Phi) is 5.43. The van der Waals surface area contributed by atoms with Crippen molar-refractivity contribution in [1.29, 1.82) is 0 Å². The summed E-state index contributed by atoms with van der Waals surface area (Å²) in [6.45, 7) is 3.86. The first-order chi connectivity index (χ1) is 13.3. The van der Waals surface area contributed by atoms with Crippen molar-refractivity contribution in [2.24, 2.45) is 4.99 Å². The van der Waals surface area contributed by atoms with Crippen molar-refractivity contribution in [2.45, 2.75) is 25.3 Å². The SMILES string of the molecule is CCn1c(=NC(=O)c2cccc(S(=O)(=O)CC)c2)sc2ccc([N+](=O)[O-])cc21. The van der Waals surface area contributed by atoms with Crippen LogP contribution in [0.4, 0.5) is 5.69 Å². The number of aromatic nitrogens is 1. The molecule has 0 N–H and O–H groups in total. The molecule has 0 fully saturated rings. The van der Waals surface area contributed by atoms with Gasteiger partial charge in [-0.2, -0.15) is 4.99 Å². The van der Waals surface area contributed by atoms with E-state index in [1.54, 1.807) is 10.6 Å². The number of aryl methyl sites for hydroxylation is 1. The number of benzene rings is 2. The number of fused-ring (bicyclic) bond motifs is 1. The topological polar surface area (TPSA) is 112 Å². The minimum atomic E-state index is -3.43. The average molecular weight is 419 g/mol. The second-order valence-corrected chi connectivity index (χ2v) is 9.17. The molecular weight excluding hydrogens is 402 g/mol. The summed E-state index contributed by atoms with van der Waals surface area (Å²) in [6, 6.07) is 10.3. The largest absolute Gasteiger partial charge is 0.316 e. The van der Waals surface area contributed by atoms with E-state index in [1.807, 2.05) is 6.92 Å². The van der Waals surface area contributed by atoms with Gasteiger partial charge in [0.2, 0.25) is 0 Å². The van der Waals surface area contributed by atoms with Gasteiger partial charge in [-0.3, -0.25) is 14.9 Å². The highest BCUT2D eigenvalue weighted by Gasteiger charge is 2.15. The van der Waals surface area contributed by atoms with Gasteiger partial charge in [-0.1, -0.05) is 24.3 Å². The monoisotopic (exact) mass is 419 g/mol. The molecule has 0 aliphatic carbocycles. The number of hydrogen-bond acceptors (Lipinski definition) is 6. The van der Waals surface area contributed by atoms with Crippen molar-refractivity contribution < 1.29 is 18.1 Å². The number of carbonyl (C=O) groups is 1. The Morgan fingerprint density at radius 1 is 1.21 bits per heavy atom. The summed E-state index contributed by atoms with van der Waals surface area (Å²) in [6.07, 6.45) is 0. The van der Waals surface area contributed by atoms with Crippen LogP contribution in [0.15, 0.2) is 52.4 Å². The fourth-order valence-corrected chi connectivity index (χ4v) is 4.70. The van der Waals surface area contributed by atoms with Crippen LogP contribution in [-0.4, -0.2) is 29.6 Å². The molecule has 1 amide bonds. The molecule has 3 aromatic rings. The Balaban J connectivity index is 2.11. The van der Waals surface area contributed by atoms with E-state index in [4.69, 9.17) is 0 Å². The predicted molar refractivity (Wildman–Crippen MR) is 106 cm³/mol. The zero-order chi connectivity index (χ0) is 20.5. The standard InChI is InChI=1S/C18H17N3O5S2/c1-3-20-15-11-13(21(23)24)8-9-16(15)27-18(20)19-17(22)12-6-5-7-14(10-12)28(25,26)4-2/h5-11H,3-4H2,1-2H3. The summed E-state index contributed by atoms with van der Waals surface area (Å²) in [7, 11) is -3.43. The van der Waals surface area contributed by atoms with Crippen LogP contribution in [0.25, 0.3) is 10.2 Å². The van der Waals surface area contributed by atoms with Crippen molar-refractivity contribution >= 4 is 43.0 Å². The number of rotatable bonds is 5. The lowest BCUT2D eigenvalue weighted by Crippen LogP contribution is -2.16. The number of carbonyl (C=O) groups excluding carboxylic acids is 1. The number of nitro benzene ring substituents is 1. The van der Waals surface area contributed by atoms with Crippen LogP contribution in [0.5, 0.6) is 0 Å². The van der Waals surface area contributed by atoms with Gasteiger partial charge in [-0.15, -0.1) is 0 Å². The molecule has 3 rings (SSSR count). The van der Waals surface area contributed by atoms with E-state index in [1.165, 1.54) is 54.7 Å². The van der Waals surface area contributed by atoms with Gasteiger partial charge in [-0.25, -0.2) is 8.42 Å². The summed E-state index contributed by atoms with van der Waals surface area (Å²) in [4.78, 5) is 27.8. The van der Waals surface area contributed by atoms with Crippen LogP contribution < -0.4 is 4.80 Å². The second-order valence-electron chi connectivity index (χ2n) is 5.89. The fraction of sp³-hybridized carbons (Fsp3) is 0.222. The summed E-state index contributed by atoms with van der Waals surface area (Å²) >= 11 is 1.24. The van der Waals surface area contributed by atoms with Crippen molar-refractivity contribution in [3.63, 3.8) is 0 Å². The number of non-ortho nitro benzene ring substituents is 1. The van der Waals surface area contributed by atoms with Gasteiger partial charge in [0.1, 0.15) is 0 Å². The zero-order valence-electron chi connectivity index (χ0n) is 15.2. The van der Waals surface area contributed by atoms with E-state index >= 15 is 0 Å². The molecule has 0 unspecified atom stereocenters. The molecule has 146 valence electrons. The van der Waals surface area contributed by atoms with Crippen LogP contribution in [-0.2, 0) is 16.4 Å². The minimum Gasteiger partial charge on any atom is -0.316 e. The van der Waals surface area contributed by atoms with E-state index < -0.39 is 20.7 Å². The average Bonchev–Trinajstić information content (AvgIpc) is 3.03. The van der Waals surface area contributed by atoms with E-state index in [2.05, 4.69) is 4.99 Å². The Hall–Kier alpha value is -2.85. The number of nitrogens with zero attached hydrogens (tertiary/aromatic N) is 3. The molecule has 0 atom stereocenters. The van der Waals surface area contributed by atoms with Crippen LogP contribution >= 0.6 is 11.3 Å². The quantitative estimate of drug-likeness (QED) is 0.466. The number of thiazole rings is 1. The maximum atomic E-state index is 12.6. The van der Waals surface area contributed by atoms with Crippen molar-refractivity contribution in [1.82, 2.24) is 4.57 Å². The Morgan fingerprint density at radius 2 is 1.96 bits per heavy atom. The summed E-state index contributed by atoms with van der Waals surface area (Å²) < 4.78 is 26.6. The first-order valence-corrected chi connectivity index (χ1v) is 10.9. The Labute approximate surface area is 164 Å².